The van der Waals surface area contributed by atoms with Crippen LogP contribution in [0.15, 0.2) is 12.4 Å². The summed E-state index contributed by atoms with van der Waals surface area (Å²) in [5, 5.41) is 4.12. The van der Waals surface area contributed by atoms with E-state index in [1.54, 1.807) is 19.5 Å². The quantitative estimate of drug-likeness (QED) is 0.901. The minimum Gasteiger partial charge on any atom is -0.480 e. The van der Waals surface area contributed by atoms with E-state index < -0.39 is 6.04 Å². The molecule has 0 aliphatic carbocycles. The summed E-state index contributed by atoms with van der Waals surface area (Å²) in [4.78, 5) is 9.25. The second-order valence-corrected chi connectivity index (χ2v) is 4.89. The second-order valence-electron chi connectivity index (χ2n) is 4.11. The molecule has 2 rings (SSSR count). The first-order valence-electron chi connectivity index (χ1n) is 5.57. The number of nitrogens with zero attached hydrogens (tertiary/aromatic N) is 4. The molecule has 2 N–H and O–H groups in total. The molecule has 0 aliphatic rings. The Balaban J connectivity index is 2.41. The number of rotatable bonds is 4. The number of hydrogen-bond donors (Lipinski definition) is 1. The van der Waals surface area contributed by atoms with Gasteiger partial charge in [-0.3, -0.25) is 4.98 Å². The van der Waals surface area contributed by atoms with Crippen molar-refractivity contribution in [3.63, 3.8) is 0 Å². The van der Waals surface area contributed by atoms with Gasteiger partial charge in [0.25, 0.3) is 0 Å². The third kappa shape index (κ3) is 2.32. The molecule has 0 fully saturated rings. The van der Waals surface area contributed by atoms with Gasteiger partial charge < -0.3 is 10.5 Å². The normalized spacial score (nSPS) is 12.7. The van der Waals surface area contributed by atoms with E-state index in [-0.39, 0.29) is 5.92 Å². The molecule has 1 atom stereocenters. The van der Waals surface area contributed by atoms with E-state index in [0.717, 1.165) is 10.6 Å². The summed E-state index contributed by atoms with van der Waals surface area (Å²) in [7, 11) is 1.55. The van der Waals surface area contributed by atoms with E-state index in [1.165, 1.54) is 11.5 Å². The molecule has 7 heteroatoms. The largest absolute Gasteiger partial charge is 0.480 e. The van der Waals surface area contributed by atoms with Crippen molar-refractivity contribution >= 4 is 11.5 Å². The zero-order valence-corrected chi connectivity index (χ0v) is 11.3. The average molecular weight is 265 g/mol. The topological polar surface area (TPSA) is 86.8 Å². The molecular weight excluding hydrogens is 250 g/mol. The number of ether oxygens (including phenoxy) is 1. The predicted octanol–water partition coefficient (Wildman–Crippen LogP) is 1.51. The van der Waals surface area contributed by atoms with Crippen molar-refractivity contribution in [1.82, 2.24) is 19.6 Å². The smallest absolute Gasteiger partial charge is 0.237 e. The van der Waals surface area contributed by atoms with Crippen LogP contribution in [-0.4, -0.2) is 26.7 Å². The van der Waals surface area contributed by atoms with Crippen molar-refractivity contribution < 1.29 is 4.74 Å². The van der Waals surface area contributed by atoms with E-state index in [1.807, 2.05) is 0 Å². The highest BCUT2D eigenvalue weighted by Gasteiger charge is 2.23. The van der Waals surface area contributed by atoms with Gasteiger partial charge in [0.2, 0.25) is 5.88 Å². The van der Waals surface area contributed by atoms with Crippen LogP contribution in [0.3, 0.4) is 0 Å². The molecule has 6 nitrogen and oxygen atoms in total. The van der Waals surface area contributed by atoms with Crippen LogP contribution in [0.5, 0.6) is 5.88 Å². The number of aromatic nitrogens is 4. The zero-order valence-electron chi connectivity index (χ0n) is 10.5. The lowest BCUT2D eigenvalue weighted by Crippen LogP contribution is -2.16. The first-order valence-corrected chi connectivity index (χ1v) is 6.35. The fraction of sp³-hybridized carbons (Fsp3) is 0.455. The van der Waals surface area contributed by atoms with Crippen LogP contribution in [0.4, 0.5) is 0 Å². The Labute approximate surface area is 109 Å². The molecule has 2 heterocycles. The Morgan fingerprint density at radius 1 is 1.22 bits per heavy atom. The molecule has 0 bridgehead atoms. The highest BCUT2D eigenvalue weighted by atomic mass is 32.1. The van der Waals surface area contributed by atoms with Gasteiger partial charge in [-0.05, 0) is 17.5 Å². The van der Waals surface area contributed by atoms with Crippen LogP contribution < -0.4 is 10.5 Å². The first kappa shape index (κ1) is 12.8. The van der Waals surface area contributed by atoms with Gasteiger partial charge in [0.05, 0.1) is 23.7 Å². The molecule has 2 aromatic heterocycles. The van der Waals surface area contributed by atoms with Crippen molar-refractivity contribution in [3.8, 4) is 5.88 Å². The first-order chi connectivity index (χ1) is 8.65. The van der Waals surface area contributed by atoms with Crippen molar-refractivity contribution in [3.05, 3.63) is 28.7 Å². The third-order valence-electron chi connectivity index (χ3n) is 2.55. The summed E-state index contributed by atoms with van der Waals surface area (Å²) in [6, 6.07) is -0.411. The summed E-state index contributed by atoms with van der Waals surface area (Å²) >= 11 is 1.29. The highest BCUT2D eigenvalue weighted by molar-refractivity contribution is 7.05. The second kappa shape index (κ2) is 5.36. The van der Waals surface area contributed by atoms with E-state index in [4.69, 9.17) is 10.5 Å². The zero-order chi connectivity index (χ0) is 13.1. The summed E-state index contributed by atoms with van der Waals surface area (Å²) in [5.74, 6) is 0.709. The highest BCUT2D eigenvalue weighted by Crippen LogP contribution is 2.31. The van der Waals surface area contributed by atoms with Crippen LogP contribution in [-0.2, 0) is 0 Å². The van der Waals surface area contributed by atoms with Gasteiger partial charge in [-0.15, -0.1) is 5.10 Å². The standard InChI is InChI=1S/C11H15N5OS/c1-6(2)8-10(18-16-15-8)7(12)9-11(17-3)14-5-4-13-9/h4-7H,12H2,1-3H3. The molecule has 0 spiro atoms. The molecule has 2 aromatic rings. The van der Waals surface area contributed by atoms with Crippen LogP contribution in [0.1, 0.15) is 42.1 Å². The molecule has 0 saturated heterocycles. The lowest BCUT2D eigenvalue weighted by Gasteiger charge is -2.13. The monoisotopic (exact) mass is 265 g/mol. The molecule has 0 radical (unpaired) electrons. The summed E-state index contributed by atoms with van der Waals surface area (Å²) < 4.78 is 9.14. The Bertz CT molecular complexity index is 528. The van der Waals surface area contributed by atoms with Crippen molar-refractivity contribution in [2.75, 3.05) is 7.11 Å². The van der Waals surface area contributed by atoms with Crippen molar-refractivity contribution in [2.45, 2.75) is 25.8 Å². The van der Waals surface area contributed by atoms with E-state index in [0.29, 0.717) is 11.6 Å². The maximum Gasteiger partial charge on any atom is 0.237 e. The predicted molar refractivity (Wildman–Crippen MR) is 68.6 cm³/mol. The third-order valence-corrected chi connectivity index (χ3v) is 3.37. The van der Waals surface area contributed by atoms with Gasteiger partial charge in [-0.25, -0.2) is 4.98 Å². The fourth-order valence-corrected chi connectivity index (χ4v) is 2.46. The Hall–Kier alpha value is -1.60. The van der Waals surface area contributed by atoms with Crippen LogP contribution in [0.25, 0.3) is 0 Å². The maximum atomic E-state index is 6.22. The molecule has 0 aromatic carbocycles. The van der Waals surface area contributed by atoms with Gasteiger partial charge in [0.1, 0.15) is 5.69 Å². The molecular formula is C11H15N5OS. The van der Waals surface area contributed by atoms with Gasteiger partial charge in [-0.2, -0.15) is 0 Å². The van der Waals surface area contributed by atoms with Gasteiger partial charge in [0, 0.05) is 12.4 Å². The number of methoxy groups -OCH3 is 1. The average Bonchev–Trinajstić information content (AvgIpc) is 2.87. The molecule has 96 valence electrons. The molecule has 0 aliphatic heterocycles. The number of nitrogens with two attached hydrogens (primary N) is 1. The van der Waals surface area contributed by atoms with Gasteiger partial charge in [-0.1, -0.05) is 18.3 Å². The summed E-state index contributed by atoms with van der Waals surface area (Å²) in [6.45, 7) is 4.11. The molecule has 0 amide bonds. The summed E-state index contributed by atoms with van der Waals surface area (Å²) in [6.07, 6.45) is 3.17. The molecule has 18 heavy (non-hydrogen) atoms. The van der Waals surface area contributed by atoms with Crippen LogP contribution >= 0.6 is 11.5 Å². The summed E-state index contributed by atoms with van der Waals surface area (Å²) in [5.41, 5.74) is 7.73. The maximum absolute atomic E-state index is 6.22. The minimum absolute atomic E-state index is 0.271. The Morgan fingerprint density at radius 3 is 2.61 bits per heavy atom. The number of hydrogen-bond acceptors (Lipinski definition) is 7. The lowest BCUT2D eigenvalue weighted by atomic mass is 10.0. The Kier molecular flexibility index (Phi) is 3.83. The van der Waals surface area contributed by atoms with E-state index >= 15 is 0 Å². The van der Waals surface area contributed by atoms with Crippen LogP contribution in [0.2, 0.25) is 0 Å². The van der Waals surface area contributed by atoms with Gasteiger partial charge in [0.15, 0.2) is 0 Å². The van der Waals surface area contributed by atoms with E-state index in [9.17, 15) is 0 Å². The minimum atomic E-state index is -0.411. The lowest BCUT2D eigenvalue weighted by molar-refractivity contribution is 0.387. The Morgan fingerprint density at radius 2 is 1.94 bits per heavy atom. The van der Waals surface area contributed by atoms with Crippen molar-refractivity contribution in [2.24, 2.45) is 5.73 Å². The van der Waals surface area contributed by atoms with Gasteiger partial charge >= 0.3 is 0 Å². The molecule has 1 unspecified atom stereocenters. The van der Waals surface area contributed by atoms with Crippen LogP contribution in [0, 0.1) is 0 Å². The van der Waals surface area contributed by atoms with E-state index in [2.05, 4.69) is 33.4 Å². The SMILES string of the molecule is COc1nccnc1C(N)c1snnc1C(C)C. The fourth-order valence-electron chi connectivity index (χ4n) is 1.65. The van der Waals surface area contributed by atoms with Crippen molar-refractivity contribution in [1.29, 1.82) is 0 Å². The molecule has 0 saturated carbocycles.